The van der Waals surface area contributed by atoms with Gasteiger partial charge in [0.1, 0.15) is 0 Å². The molecule has 1 aliphatic heterocycles. The van der Waals surface area contributed by atoms with E-state index in [0.29, 0.717) is 13.1 Å². The zero-order valence-electron chi connectivity index (χ0n) is 12.5. The summed E-state index contributed by atoms with van der Waals surface area (Å²) < 4.78 is 0. The van der Waals surface area contributed by atoms with Crippen molar-refractivity contribution in [3.8, 4) is 0 Å². The molecule has 5 nitrogen and oxygen atoms in total. The SMILES string of the molecule is CN(CC(C)(C)C)C(=O)N1CCCCC1CC(=O)O. The van der Waals surface area contributed by atoms with E-state index in [0.717, 1.165) is 19.3 Å². The largest absolute Gasteiger partial charge is 0.481 e. The summed E-state index contributed by atoms with van der Waals surface area (Å²) in [6.07, 6.45) is 2.81. The molecule has 1 saturated heterocycles. The minimum atomic E-state index is -0.830. The molecule has 0 saturated carbocycles. The number of amides is 2. The van der Waals surface area contributed by atoms with Gasteiger partial charge in [0, 0.05) is 26.2 Å². The van der Waals surface area contributed by atoms with Crippen LogP contribution in [0.2, 0.25) is 0 Å². The highest BCUT2D eigenvalue weighted by Gasteiger charge is 2.31. The van der Waals surface area contributed by atoms with E-state index in [-0.39, 0.29) is 23.9 Å². The van der Waals surface area contributed by atoms with Crippen LogP contribution in [0.15, 0.2) is 0 Å². The zero-order chi connectivity index (χ0) is 14.6. The lowest BCUT2D eigenvalue weighted by atomic mass is 9.96. The maximum Gasteiger partial charge on any atom is 0.320 e. The maximum absolute atomic E-state index is 12.4. The van der Waals surface area contributed by atoms with Crippen LogP contribution >= 0.6 is 0 Å². The Hall–Kier alpha value is -1.26. The minimum Gasteiger partial charge on any atom is -0.481 e. The molecule has 1 rings (SSSR count). The molecule has 110 valence electrons. The molecule has 0 aromatic rings. The summed E-state index contributed by atoms with van der Waals surface area (Å²) in [5.74, 6) is -0.830. The molecular formula is C14H26N2O3. The van der Waals surface area contributed by atoms with E-state index in [9.17, 15) is 9.59 Å². The van der Waals surface area contributed by atoms with Crippen LogP contribution in [0.1, 0.15) is 46.5 Å². The fourth-order valence-electron chi connectivity index (χ4n) is 2.66. The third-order valence-electron chi connectivity index (χ3n) is 3.32. The van der Waals surface area contributed by atoms with Crippen molar-refractivity contribution in [1.29, 1.82) is 0 Å². The monoisotopic (exact) mass is 270 g/mol. The molecule has 2 amide bonds. The lowest BCUT2D eigenvalue weighted by molar-refractivity contribution is -0.138. The van der Waals surface area contributed by atoms with Crippen LogP contribution in [-0.2, 0) is 4.79 Å². The Balaban J connectivity index is 2.68. The predicted octanol–water partition coefficient (Wildman–Crippen LogP) is 2.41. The van der Waals surface area contributed by atoms with Gasteiger partial charge in [-0.2, -0.15) is 0 Å². The van der Waals surface area contributed by atoms with Gasteiger partial charge >= 0.3 is 12.0 Å². The zero-order valence-corrected chi connectivity index (χ0v) is 12.5. The average Bonchev–Trinajstić information content (AvgIpc) is 2.25. The molecule has 5 heteroatoms. The van der Waals surface area contributed by atoms with Gasteiger partial charge in [-0.15, -0.1) is 0 Å². The molecule has 1 fully saturated rings. The number of nitrogens with zero attached hydrogens (tertiary/aromatic N) is 2. The highest BCUT2D eigenvalue weighted by molar-refractivity contribution is 5.76. The first-order valence-corrected chi connectivity index (χ1v) is 6.94. The lowest BCUT2D eigenvalue weighted by Crippen LogP contribution is -2.51. The van der Waals surface area contributed by atoms with Crippen LogP contribution in [0, 0.1) is 5.41 Å². The quantitative estimate of drug-likeness (QED) is 0.856. The van der Waals surface area contributed by atoms with Crippen LogP contribution in [0.4, 0.5) is 4.79 Å². The normalized spacial score (nSPS) is 20.2. The van der Waals surface area contributed by atoms with Crippen molar-refractivity contribution in [1.82, 2.24) is 9.80 Å². The highest BCUT2D eigenvalue weighted by atomic mass is 16.4. The topological polar surface area (TPSA) is 60.9 Å². The Kier molecular flexibility index (Phi) is 5.20. The van der Waals surface area contributed by atoms with Gasteiger partial charge in [0.05, 0.1) is 6.42 Å². The fourth-order valence-corrected chi connectivity index (χ4v) is 2.66. The van der Waals surface area contributed by atoms with Crippen molar-refractivity contribution >= 4 is 12.0 Å². The van der Waals surface area contributed by atoms with E-state index >= 15 is 0 Å². The lowest BCUT2D eigenvalue weighted by Gasteiger charge is -2.39. The number of carboxylic acids is 1. The van der Waals surface area contributed by atoms with Gasteiger partial charge in [0.2, 0.25) is 0 Å². The van der Waals surface area contributed by atoms with Crippen molar-refractivity contribution in [3.63, 3.8) is 0 Å². The summed E-state index contributed by atoms with van der Waals surface area (Å²) in [7, 11) is 1.79. The van der Waals surface area contributed by atoms with E-state index in [1.54, 1.807) is 16.8 Å². The van der Waals surface area contributed by atoms with Gasteiger partial charge in [0.15, 0.2) is 0 Å². The van der Waals surface area contributed by atoms with Crippen LogP contribution in [0.3, 0.4) is 0 Å². The molecule has 19 heavy (non-hydrogen) atoms. The second-order valence-electron chi connectivity index (χ2n) is 6.64. The molecule has 0 aromatic carbocycles. The Morgan fingerprint density at radius 1 is 1.32 bits per heavy atom. The van der Waals surface area contributed by atoms with Gasteiger partial charge in [-0.3, -0.25) is 4.79 Å². The van der Waals surface area contributed by atoms with E-state index in [1.807, 2.05) is 0 Å². The minimum absolute atomic E-state index is 0.0409. The first kappa shape index (κ1) is 15.8. The van der Waals surface area contributed by atoms with Gasteiger partial charge < -0.3 is 14.9 Å². The summed E-state index contributed by atoms with van der Waals surface area (Å²) in [5, 5.41) is 8.94. The molecule has 0 aromatic heterocycles. The molecule has 0 radical (unpaired) electrons. The van der Waals surface area contributed by atoms with Crippen LogP contribution < -0.4 is 0 Å². The first-order valence-electron chi connectivity index (χ1n) is 6.94. The average molecular weight is 270 g/mol. The summed E-state index contributed by atoms with van der Waals surface area (Å²) in [4.78, 5) is 26.8. The number of piperidine rings is 1. The van der Waals surface area contributed by atoms with Gasteiger partial charge in [-0.25, -0.2) is 4.79 Å². The predicted molar refractivity (Wildman–Crippen MR) is 74.1 cm³/mol. The smallest absolute Gasteiger partial charge is 0.320 e. The maximum atomic E-state index is 12.4. The Morgan fingerprint density at radius 2 is 1.95 bits per heavy atom. The molecular weight excluding hydrogens is 244 g/mol. The van der Waals surface area contributed by atoms with Crippen molar-refractivity contribution in [3.05, 3.63) is 0 Å². The second-order valence-corrected chi connectivity index (χ2v) is 6.64. The Labute approximate surface area is 115 Å². The third kappa shape index (κ3) is 5.09. The van der Waals surface area contributed by atoms with E-state index in [4.69, 9.17) is 5.11 Å². The van der Waals surface area contributed by atoms with Crippen molar-refractivity contribution in [2.45, 2.75) is 52.5 Å². The number of likely N-dealkylation sites (tertiary alicyclic amines) is 1. The molecule has 0 aliphatic carbocycles. The molecule has 1 unspecified atom stereocenters. The van der Waals surface area contributed by atoms with E-state index < -0.39 is 5.97 Å². The van der Waals surface area contributed by atoms with Gasteiger partial charge in [-0.05, 0) is 24.7 Å². The van der Waals surface area contributed by atoms with Crippen molar-refractivity contribution in [2.24, 2.45) is 5.41 Å². The van der Waals surface area contributed by atoms with E-state index in [2.05, 4.69) is 20.8 Å². The summed E-state index contributed by atoms with van der Waals surface area (Å²) >= 11 is 0. The first-order chi connectivity index (χ1) is 8.70. The number of hydrogen-bond donors (Lipinski definition) is 1. The Bertz CT molecular complexity index is 336. The molecule has 1 atom stereocenters. The van der Waals surface area contributed by atoms with Gasteiger partial charge in [-0.1, -0.05) is 20.8 Å². The van der Waals surface area contributed by atoms with Crippen LogP contribution in [0.5, 0.6) is 0 Å². The number of aliphatic carboxylic acids is 1. The molecule has 1 heterocycles. The third-order valence-corrected chi connectivity index (χ3v) is 3.32. The number of urea groups is 1. The summed E-state index contributed by atoms with van der Waals surface area (Å²) in [6, 6.07) is -0.193. The number of hydrogen-bond acceptors (Lipinski definition) is 2. The Morgan fingerprint density at radius 3 is 2.47 bits per heavy atom. The molecule has 1 N–H and O–H groups in total. The molecule has 0 bridgehead atoms. The molecule has 0 spiro atoms. The molecule has 1 aliphatic rings. The van der Waals surface area contributed by atoms with Gasteiger partial charge in [0.25, 0.3) is 0 Å². The van der Waals surface area contributed by atoms with Crippen LogP contribution in [0.25, 0.3) is 0 Å². The highest BCUT2D eigenvalue weighted by Crippen LogP contribution is 2.22. The van der Waals surface area contributed by atoms with Crippen LogP contribution in [-0.4, -0.2) is 53.1 Å². The fraction of sp³-hybridized carbons (Fsp3) is 0.857. The number of carbonyl (C=O) groups excluding carboxylic acids is 1. The van der Waals surface area contributed by atoms with Crippen molar-refractivity contribution < 1.29 is 14.7 Å². The summed E-state index contributed by atoms with van der Waals surface area (Å²) in [5.41, 5.74) is 0.0441. The standard InChI is InChI=1S/C14H26N2O3/c1-14(2,3)10-15(4)13(19)16-8-6-5-7-11(16)9-12(17)18/h11H,5-10H2,1-4H3,(H,17,18). The van der Waals surface area contributed by atoms with E-state index in [1.165, 1.54) is 0 Å². The summed E-state index contributed by atoms with van der Waals surface area (Å²) in [6.45, 7) is 7.60. The number of carbonyl (C=O) groups is 2. The van der Waals surface area contributed by atoms with Crippen molar-refractivity contribution in [2.75, 3.05) is 20.1 Å². The second kappa shape index (κ2) is 6.26. The number of carboxylic acid groups (broad SMARTS) is 1. The number of rotatable bonds is 3.